The molecule has 0 amide bonds. The van der Waals surface area contributed by atoms with Crippen LogP contribution in [0.4, 0.5) is 0 Å². The first-order valence-electron chi connectivity index (χ1n) is 13.6. The van der Waals surface area contributed by atoms with Gasteiger partial charge in [-0.1, -0.05) is 95.3 Å². The third kappa shape index (κ3) is 5.60. The van der Waals surface area contributed by atoms with Crippen molar-refractivity contribution in [2.24, 2.45) is 0 Å². The Kier molecular flexibility index (Phi) is 9.19. The van der Waals surface area contributed by atoms with E-state index in [2.05, 4.69) is 94.4 Å². The van der Waals surface area contributed by atoms with Gasteiger partial charge in [-0.2, -0.15) is 0 Å². The van der Waals surface area contributed by atoms with Crippen molar-refractivity contribution in [2.75, 3.05) is 7.11 Å². The van der Waals surface area contributed by atoms with Gasteiger partial charge in [-0.25, -0.2) is 0 Å². The molecule has 192 valence electrons. The van der Waals surface area contributed by atoms with Crippen molar-refractivity contribution < 1.29 is 9.84 Å². The van der Waals surface area contributed by atoms with Gasteiger partial charge in [-0.15, -0.1) is 0 Å². The zero-order valence-electron chi connectivity index (χ0n) is 23.3. The highest BCUT2D eigenvalue weighted by atomic mass is 16.5. The first-order valence-corrected chi connectivity index (χ1v) is 13.6. The summed E-state index contributed by atoms with van der Waals surface area (Å²) in [5, 5.41) is 10.7. The molecule has 1 N–H and O–H groups in total. The Morgan fingerprint density at radius 2 is 1.42 bits per heavy atom. The van der Waals surface area contributed by atoms with E-state index in [9.17, 15) is 5.11 Å². The van der Waals surface area contributed by atoms with Gasteiger partial charge < -0.3 is 9.84 Å². The second-order valence-electron chi connectivity index (χ2n) is 9.97. The first kappa shape index (κ1) is 27.7. The van der Waals surface area contributed by atoms with Crippen LogP contribution < -0.4 is 4.74 Å². The zero-order valence-corrected chi connectivity index (χ0v) is 23.3. The predicted molar refractivity (Wildman–Crippen MR) is 155 cm³/mol. The molecule has 3 rings (SSSR count). The fraction of sp³-hybridized carbons (Fsp3) is 0.412. The summed E-state index contributed by atoms with van der Waals surface area (Å²) in [4.78, 5) is 0. The summed E-state index contributed by atoms with van der Waals surface area (Å²) in [6.07, 6.45) is 8.54. The summed E-state index contributed by atoms with van der Waals surface area (Å²) in [6, 6.07) is 22.4. The average molecular weight is 485 g/mol. The molecule has 0 spiro atoms. The van der Waals surface area contributed by atoms with Crippen LogP contribution in [0.2, 0.25) is 0 Å². The molecule has 0 aliphatic heterocycles. The molecule has 36 heavy (non-hydrogen) atoms. The van der Waals surface area contributed by atoms with Crippen LogP contribution in [0.25, 0.3) is 17.2 Å². The summed E-state index contributed by atoms with van der Waals surface area (Å²) in [5.41, 5.74) is 7.96. The molecule has 0 atom stereocenters. The van der Waals surface area contributed by atoms with E-state index < -0.39 is 5.60 Å². The number of hydrogen-bond donors (Lipinski definition) is 1. The van der Waals surface area contributed by atoms with Gasteiger partial charge in [0.1, 0.15) is 5.75 Å². The molecule has 2 heteroatoms. The van der Waals surface area contributed by atoms with Gasteiger partial charge in [-0.3, -0.25) is 0 Å². The SMILES string of the molecule is CCc1ccc(OC)c(-c2ccc(C(CC)(CC)c3ccc(C=CC(O)(CC)CC)c(C)c3)cc2)c1. The summed E-state index contributed by atoms with van der Waals surface area (Å²) >= 11 is 0. The van der Waals surface area contributed by atoms with E-state index in [1.54, 1.807) is 7.11 Å². The molecule has 0 aliphatic rings. The van der Waals surface area contributed by atoms with Crippen molar-refractivity contribution >= 4 is 6.08 Å². The van der Waals surface area contributed by atoms with Crippen LogP contribution in [-0.4, -0.2) is 17.8 Å². The Balaban J connectivity index is 1.99. The number of aliphatic hydroxyl groups is 1. The van der Waals surface area contributed by atoms with Crippen LogP contribution in [0.3, 0.4) is 0 Å². The van der Waals surface area contributed by atoms with Gasteiger partial charge in [0, 0.05) is 11.0 Å². The molecule has 0 bridgehead atoms. The second kappa shape index (κ2) is 11.9. The number of methoxy groups -OCH3 is 1. The van der Waals surface area contributed by atoms with Gasteiger partial charge in [0.15, 0.2) is 0 Å². The maximum absolute atomic E-state index is 10.7. The third-order valence-electron chi connectivity index (χ3n) is 8.25. The molecule has 0 aromatic heterocycles. The summed E-state index contributed by atoms with van der Waals surface area (Å²) < 4.78 is 5.67. The van der Waals surface area contributed by atoms with Crippen molar-refractivity contribution in [2.45, 2.75) is 84.7 Å². The highest BCUT2D eigenvalue weighted by Crippen LogP contribution is 2.41. The van der Waals surface area contributed by atoms with Gasteiger partial charge in [-0.05, 0) is 84.5 Å². The van der Waals surface area contributed by atoms with Crippen LogP contribution >= 0.6 is 0 Å². The smallest absolute Gasteiger partial charge is 0.126 e. The topological polar surface area (TPSA) is 29.5 Å². The fourth-order valence-corrected chi connectivity index (χ4v) is 5.29. The largest absolute Gasteiger partial charge is 0.496 e. The fourth-order valence-electron chi connectivity index (χ4n) is 5.29. The number of ether oxygens (including phenoxy) is 1. The molecule has 0 aliphatic carbocycles. The van der Waals surface area contributed by atoms with Crippen molar-refractivity contribution in [1.29, 1.82) is 0 Å². The van der Waals surface area contributed by atoms with Crippen molar-refractivity contribution in [3.8, 4) is 16.9 Å². The summed E-state index contributed by atoms with van der Waals surface area (Å²) in [5.74, 6) is 0.912. The van der Waals surface area contributed by atoms with E-state index in [1.165, 1.54) is 33.4 Å². The van der Waals surface area contributed by atoms with Gasteiger partial charge in [0.25, 0.3) is 0 Å². The van der Waals surface area contributed by atoms with Crippen LogP contribution in [0.5, 0.6) is 5.75 Å². The van der Waals surface area contributed by atoms with Gasteiger partial charge in [0.05, 0.1) is 12.7 Å². The van der Waals surface area contributed by atoms with Crippen LogP contribution in [0.15, 0.2) is 66.7 Å². The lowest BCUT2D eigenvalue weighted by Gasteiger charge is -2.34. The molecular weight excluding hydrogens is 440 g/mol. The maximum Gasteiger partial charge on any atom is 0.126 e. The van der Waals surface area contributed by atoms with E-state index in [0.717, 1.165) is 43.4 Å². The van der Waals surface area contributed by atoms with E-state index >= 15 is 0 Å². The molecule has 0 heterocycles. The Labute approximate surface area is 219 Å². The number of rotatable bonds is 11. The molecule has 2 nitrogen and oxygen atoms in total. The standard InChI is InChI=1S/C34H44O2/c1-8-26-13-20-32(36-7)31(24-26)28-15-17-29(18-16-28)34(11-4,12-5)30-19-14-27(25(6)23-30)21-22-33(35,9-2)10-3/h13-24,35H,8-12H2,1-7H3. The first-order chi connectivity index (χ1) is 17.3. The van der Waals surface area contributed by atoms with E-state index in [1.807, 2.05) is 19.9 Å². The second-order valence-corrected chi connectivity index (χ2v) is 9.97. The highest BCUT2D eigenvalue weighted by molar-refractivity contribution is 5.72. The average Bonchev–Trinajstić information content (AvgIpc) is 2.93. The van der Waals surface area contributed by atoms with Crippen molar-refractivity contribution in [3.05, 3.63) is 94.6 Å². The molecule has 0 unspecified atom stereocenters. The van der Waals surface area contributed by atoms with E-state index in [-0.39, 0.29) is 5.41 Å². The molecule has 0 radical (unpaired) electrons. The minimum absolute atomic E-state index is 0.0472. The quantitative estimate of drug-likeness (QED) is 0.294. The van der Waals surface area contributed by atoms with Crippen LogP contribution in [0, 0.1) is 6.92 Å². The number of hydrogen-bond acceptors (Lipinski definition) is 2. The van der Waals surface area contributed by atoms with Crippen LogP contribution in [0.1, 0.15) is 88.1 Å². The number of aryl methyl sites for hydroxylation is 2. The zero-order chi connectivity index (χ0) is 26.3. The Morgan fingerprint density at radius 3 is 1.94 bits per heavy atom. The highest BCUT2D eigenvalue weighted by Gasteiger charge is 2.31. The third-order valence-corrected chi connectivity index (χ3v) is 8.25. The van der Waals surface area contributed by atoms with E-state index in [4.69, 9.17) is 4.74 Å². The normalized spacial score (nSPS) is 12.3. The van der Waals surface area contributed by atoms with Gasteiger partial charge in [0.2, 0.25) is 0 Å². The molecule has 3 aromatic rings. The predicted octanol–water partition coefficient (Wildman–Crippen LogP) is 8.90. The minimum Gasteiger partial charge on any atom is -0.496 e. The molecule has 3 aromatic carbocycles. The molecular formula is C34H44O2. The lowest BCUT2D eigenvalue weighted by atomic mass is 9.70. The lowest BCUT2D eigenvalue weighted by molar-refractivity contribution is 0.0836. The summed E-state index contributed by atoms with van der Waals surface area (Å²) in [6.45, 7) is 13.0. The van der Waals surface area contributed by atoms with Crippen molar-refractivity contribution in [3.63, 3.8) is 0 Å². The molecule has 0 saturated heterocycles. The van der Waals surface area contributed by atoms with E-state index in [0.29, 0.717) is 0 Å². The van der Waals surface area contributed by atoms with Gasteiger partial charge >= 0.3 is 0 Å². The Hall–Kier alpha value is -2.84. The monoisotopic (exact) mass is 484 g/mol. The lowest BCUT2D eigenvalue weighted by Crippen LogP contribution is -2.26. The molecule has 0 fully saturated rings. The minimum atomic E-state index is -0.733. The number of benzene rings is 3. The van der Waals surface area contributed by atoms with Crippen molar-refractivity contribution in [1.82, 2.24) is 0 Å². The molecule has 0 saturated carbocycles. The Bertz CT molecular complexity index is 1160. The Morgan fingerprint density at radius 1 is 0.778 bits per heavy atom. The maximum atomic E-state index is 10.7. The summed E-state index contributed by atoms with van der Waals surface area (Å²) in [7, 11) is 1.74. The van der Waals surface area contributed by atoms with Crippen LogP contribution in [-0.2, 0) is 11.8 Å².